The van der Waals surface area contributed by atoms with Crippen LogP contribution >= 0.6 is 0 Å². The summed E-state index contributed by atoms with van der Waals surface area (Å²) in [7, 11) is 8.09. The van der Waals surface area contributed by atoms with Crippen molar-refractivity contribution < 1.29 is 29.3 Å². The maximum atomic E-state index is 13.3. The molecular weight excluding hydrogens is 556 g/mol. The molecule has 2 fully saturated rings. The van der Waals surface area contributed by atoms with E-state index in [4.69, 9.17) is 9.47 Å². The van der Waals surface area contributed by atoms with Crippen LogP contribution in [0.2, 0.25) is 0 Å². The second-order valence-electron chi connectivity index (χ2n) is 13.5. The molecule has 2 atom stereocenters. The first kappa shape index (κ1) is 33.8. The highest BCUT2D eigenvalue weighted by Crippen LogP contribution is 2.42. The molecular formula is C36H52N2O6. The van der Waals surface area contributed by atoms with Crippen molar-refractivity contribution in [3.05, 3.63) is 59.7 Å². The SMILES string of the molecule is CN(C)C(CC1(OC(=O)CCC(=O)OC2(CC(c3ccc(O)cc3)N(C)C)CCCCC2)CCCCC1)c1ccc(O)cc1. The zero-order valence-corrected chi connectivity index (χ0v) is 27.1. The molecule has 2 aliphatic carbocycles. The highest BCUT2D eigenvalue weighted by Gasteiger charge is 2.41. The Morgan fingerprint density at radius 1 is 0.614 bits per heavy atom. The second-order valence-corrected chi connectivity index (χ2v) is 13.5. The molecule has 4 rings (SSSR count). The van der Waals surface area contributed by atoms with Gasteiger partial charge >= 0.3 is 11.9 Å². The molecule has 0 saturated heterocycles. The fraction of sp³-hybridized carbons (Fsp3) is 0.611. The van der Waals surface area contributed by atoms with Crippen molar-refractivity contribution >= 4 is 11.9 Å². The molecule has 2 N–H and O–H groups in total. The molecule has 2 aliphatic rings. The molecule has 0 spiro atoms. The van der Waals surface area contributed by atoms with E-state index >= 15 is 0 Å². The van der Waals surface area contributed by atoms with Crippen LogP contribution in [-0.2, 0) is 19.1 Å². The van der Waals surface area contributed by atoms with Gasteiger partial charge in [0.15, 0.2) is 0 Å². The number of ether oxygens (including phenoxy) is 2. The number of carbonyl (C=O) groups is 2. The molecule has 44 heavy (non-hydrogen) atoms. The predicted molar refractivity (Wildman–Crippen MR) is 171 cm³/mol. The zero-order chi connectivity index (χ0) is 31.7. The van der Waals surface area contributed by atoms with E-state index in [2.05, 4.69) is 9.80 Å². The summed E-state index contributed by atoms with van der Waals surface area (Å²) in [5.74, 6) is -0.242. The first-order valence-electron chi connectivity index (χ1n) is 16.3. The van der Waals surface area contributed by atoms with Gasteiger partial charge in [0.1, 0.15) is 22.7 Å². The van der Waals surface area contributed by atoms with Gasteiger partial charge in [0, 0.05) is 24.9 Å². The minimum absolute atomic E-state index is 0.00241. The standard InChI is InChI=1S/C36H52N2O6/c1-37(2)31(27-11-15-29(39)16-12-27)25-35(21-7-5-8-22-35)43-33(41)19-20-34(42)44-36(23-9-6-10-24-36)26-32(38(3)4)28-13-17-30(40)18-14-28/h11-18,31-32,39-40H,5-10,19-26H2,1-4H3. The highest BCUT2D eigenvalue weighted by molar-refractivity contribution is 5.78. The lowest BCUT2D eigenvalue weighted by Gasteiger charge is -2.41. The number of carbonyl (C=O) groups excluding carboxylic acids is 2. The van der Waals surface area contributed by atoms with Gasteiger partial charge in [-0.05, 0) is 115 Å². The van der Waals surface area contributed by atoms with Gasteiger partial charge in [0.25, 0.3) is 0 Å². The van der Waals surface area contributed by atoms with Gasteiger partial charge in [-0.3, -0.25) is 9.59 Å². The Kier molecular flexibility index (Phi) is 11.7. The van der Waals surface area contributed by atoms with Crippen LogP contribution in [-0.4, -0.2) is 71.3 Å². The summed E-state index contributed by atoms with van der Waals surface area (Å²) in [6.45, 7) is 0. The van der Waals surface area contributed by atoms with Crippen molar-refractivity contribution in [2.24, 2.45) is 0 Å². The number of nitrogens with zero attached hydrogens (tertiary/aromatic N) is 2. The summed E-state index contributed by atoms with van der Waals surface area (Å²) in [5, 5.41) is 19.6. The van der Waals surface area contributed by atoms with Gasteiger partial charge in [-0.15, -0.1) is 0 Å². The Hall–Kier alpha value is -3.10. The van der Waals surface area contributed by atoms with Gasteiger partial charge in [0.05, 0.1) is 12.8 Å². The summed E-state index contributed by atoms with van der Waals surface area (Å²) in [5.41, 5.74) is 0.969. The summed E-state index contributed by atoms with van der Waals surface area (Å²) in [4.78, 5) is 30.9. The molecule has 0 radical (unpaired) electrons. The number of rotatable bonds is 13. The molecule has 2 aromatic carbocycles. The number of esters is 2. The third-order valence-corrected chi connectivity index (χ3v) is 9.66. The maximum absolute atomic E-state index is 13.3. The minimum Gasteiger partial charge on any atom is -0.508 e. The number of benzene rings is 2. The molecule has 8 nitrogen and oxygen atoms in total. The summed E-state index contributed by atoms with van der Waals surface area (Å²) < 4.78 is 12.6. The topological polar surface area (TPSA) is 99.5 Å². The lowest BCUT2D eigenvalue weighted by molar-refractivity contribution is -0.173. The Morgan fingerprint density at radius 2 is 0.932 bits per heavy atom. The minimum atomic E-state index is -0.584. The summed E-state index contributed by atoms with van der Waals surface area (Å²) in [6.07, 6.45) is 10.8. The van der Waals surface area contributed by atoms with Crippen LogP contribution in [0.1, 0.15) is 113 Å². The van der Waals surface area contributed by atoms with Gasteiger partial charge in [-0.1, -0.05) is 37.1 Å². The maximum Gasteiger partial charge on any atom is 0.306 e. The fourth-order valence-corrected chi connectivity index (χ4v) is 7.17. The van der Waals surface area contributed by atoms with E-state index in [1.54, 1.807) is 24.3 Å². The van der Waals surface area contributed by atoms with Gasteiger partial charge in [-0.25, -0.2) is 0 Å². The first-order chi connectivity index (χ1) is 21.0. The lowest BCUT2D eigenvalue weighted by atomic mass is 9.78. The molecule has 0 heterocycles. The van der Waals surface area contributed by atoms with Crippen LogP contribution in [0.5, 0.6) is 11.5 Å². The number of hydrogen-bond acceptors (Lipinski definition) is 8. The van der Waals surface area contributed by atoms with Crippen molar-refractivity contribution in [1.29, 1.82) is 0 Å². The third kappa shape index (κ3) is 9.21. The van der Waals surface area contributed by atoms with Crippen LogP contribution in [0, 0.1) is 0 Å². The van der Waals surface area contributed by atoms with Gasteiger partial charge < -0.3 is 29.5 Å². The van der Waals surface area contributed by atoms with E-state index < -0.39 is 11.2 Å². The molecule has 2 unspecified atom stereocenters. The zero-order valence-electron chi connectivity index (χ0n) is 27.1. The van der Waals surface area contributed by atoms with Gasteiger partial charge in [0.2, 0.25) is 0 Å². The Bertz CT molecular complexity index is 1100. The summed E-state index contributed by atoms with van der Waals surface area (Å²) >= 11 is 0. The van der Waals surface area contributed by atoms with E-state index in [9.17, 15) is 19.8 Å². The highest BCUT2D eigenvalue weighted by atomic mass is 16.6. The molecule has 0 aliphatic heterocycles. The van der Waals surface area contributed by atoms with Crippen molar-refractivity contribution in [2.45, 2.75) is 113 Å². The van der Waals surface area contributed by atoms with E-state index in [1.807, 2.05) is 52.5 Å². The molecule has 242 valence electrons. The quantitative estimate of drug-likeness (QED) is 0.233. The van der Waals surface area contributed by atoms with E-state index in [-0.39, 0.29) is 48.4 Å². The largest absolute Gasteiger partial charge is 0.508 e. The summed E-state index contributed by atoms with van der Waals surface area (Å²) in [6, 6.07) is 14.5. The number of hydrogen-bond donors (Lipinski definition) is 2. The van der Waals surface area contributed by atoms with E-state index in [0.717, 1.165) is 75.3 Å². The first-order valence-corrected chi connectivity index (χ1v) is 16.3. The average Bonchev–Trinajstić information content (AvgIpc) is 2.99. The Labute approximate surface area is 263 Å². The smallest absolute Gasteiger partial charge is 0.306 e. The number of phenolic OH excluding ortho intramolecular Hbond substituents is 2. The van der Waals surface area contributed by atoms with Crippen LogP contribution in [0.4, 0.5) is 0 Å². The van der Waals surface area contributed by atoms with Crippen LogP contribution in [0.3, 0.4) is 0 Å². The number of aromatic hydroxyl groups is 2. The molecule has 0 bridgehead atoms. The normalized spacial score (nSPS) is 19.3. The molecule has 8 heteroatoms. The predicted octanol–water partition coefficient (Wildman–Crippen LogP) is 7.06. The monoisotopic (exact) mass is 608 g/mol. The van der Waals surface area contributed by atoms with E-state index in [1.165, 1.54) is 0 Å². The third-order valence-electron chi connectivity index (χ3n) is 9.66. The molecule has 0 amide bonds. The molecule has 0 aromatic heterocycles. The number of phenols is 2. The average molecular weight is 609 g/mol. The van der Waals surface area contributed by atoms with Crippen molar-refractivity contribution in [3.8, 4) is 11.5 Å². The lowest BCUT2D eigenvalue weighted by Crippen LogP contribution is -2.42. The van der Waals surface area contributed by atoms with Crippen molar-refractivity contribution in [2.75, 3.05) is 28.2 Å². The second kappa shape index (κ2) is 15.3. The van der Waals surface area contributed by atoms with E-state index in [0.29, 0.717) is 12.8 Å². The van der Waals surface area contributed by atoms with Crippen LogP contribution < -0.4 is 0 Å². The van der Waals surface area contributed by atoms with Crippen molar-refractivity contribution in [3.63, 3.8) is 0 Å². The van der Waals surface area contributed by atoms with Gasteiger partial charge in [-0.2, -0.15) is 0 Å². The van der Waals surface area contributed by atoms with Crippen LogP contribution in [0.15, 0.2) is 48.5 Å². The van der Waals surface area contributed by atoms with Crippen molar-refractivity contribution in [1.82, 2.24) is 9.80 Å². The molecule has 2 saturated carbocycles. The Balaban J connectivity index is 1.40. The van der Waals surface area contributed by atoms with Crippen LogP contribution in [0.25, 0.3) is 0 Å². The Morgan fingerprint density at radius 3 is 1.23 bits per heavy atom. The molecule has 2 aromatic rings. The fourth-order valence-electron chi connectivity index (χ4n) is 7.17.